The summed E-state index contributed by atoms with van der Waals surface area (Å²) in [6, 6.07) is 5.90. The Balaban J connectivity index is 3.12. The Morgan fingerprint density at radius 1 is 1.50 bits per heavy atom. The van der Waals surface area contributed by atoms with Gasteiger partial charge in [0, 0.05) is 4.48 Å². The van der Waals surface area contributed by atoms with Crippen LogP contribution in [-0.2, 0) is 0 Å². The predicted molar refractivity (Wildman–Crippen MR) is 55.7 cm³/mol. The van der Waals surface area contributed by atoms with Crippen LogP contribution in [-0.4, -0.2) is 7.11 Å². The van der Waals surface area contributed by atoms with Crippen molar-refractivity contribution in [3.63, 3.8) is 0 Å². The van der Waals surface area contributed by atoms with Gasteiger partial charge in [0.15, 0.2) is 0 Å². The van der Waals surface area contributed by atoms with Gasteiger partial charge in [-0.3, -0.25) is 0 Å². The van der Waals surface area contributed by atoms with E-state index in [1.165, 1.54) is 0 Å². The lowest BCUT2D eigenvalue weighted by molar-refractivity contribution is 0.414. The van der Waals surface area contributed by atoms with E-state index in [1.807, 2.05) is 25.1 Å². The van der Waals surface area contributed by atoms with Crippen molar-refractivity contribution < 1.29 is 4.74 Å². The zero-order chi connectivity index (χ0) is 9.14. The van der Waals surface area contributed by atoms with Gasteiger partial charge in [-0.25, -0.2) is 0 Å². The lowest BCUT2D eigenvalue weighted by Gasteiger charge is -2.05. The second-order valence-electron chi connectivity index (χ2n) is 2.59. The Kier molecular flexibility index (Phi) is 2.93. The molecule has 1 nitrogen and oxygen atoms in total. The monoisotopic (exact) mass is 226 g/mol. The predicted octanol–water partition coefficient (Wildman–Crippen LogP) is 3.37. The van der Waals surface area contributed by atoms with E-state index in [2.05, 4.69) is 22.5 Å². The minimum absolute atomic E-state index is 0.880. The van der Waals surface area contributed by atoms with Gasteiger partial charge in [-0.2, -0.15) is 0 Å². The number of benzene rings is 1. The highest BCUT2D eigenvalue weighted by atomic mass is 79.9. The van der Waals surface area contributed by atoms with Crippen LogP contribution >= 0.6 is 15.9 Å². The molecule has 0 heterocycles. The summed E-state index contributed by atoms with van der Waals surface area (Å²) in [7, 11) is 1.66. The third-order valence-electron chi connectivity index (χ3n) is 1.73. The molecule has 0 saturated heterocycles. The third kappa shape index (κ3) is 1.89. The van der Waals surface area contributed by atoms with Crippen LogP contribution in [0, 0.1) is 6.92 Å². The fourth-order valence-electron chi connectivity index (χ4n) is 1.07. The number of ether oxygens (including phenoxy) is 1. The fraction of sp³-hybridized carbons (Fsp3) is 0.200. The molecular formula is C10H11BrO. The first-order valence-corrected chi connectivity index (χ1v) is 4.44. The van der Waals surface area contributed by atoms with Crippen molar-refractivity contribution in [1.82, 2.24) is 0 Å². The topological polar surface area (TPSA) is 9.23 Å². The first kappa shape index (κ1) is 9.33. The number of methoxy groups -OCH3 is 1. The average Bonchev–Trinajstić information content (AvgIpc) is 2.03. The Hall–Kier alpha value is -0.760. The summed E-state index contributed by atoms with van der Waals surface area (Å²) in [6.07, 6.45) is 0. The largest absolute Gasteiger partial charge is 0.497 e. The van der Waals surface area contributed by atoms with Gasteiger partial charge < -0.3 is 4.74 Å². The molecule has 0 aliphatic carbocycles. The summed E-state index contributed by atoms with van der Waals surface area (Å²) in [5.74, 6) is 0.880. The molecule has 0 amide bonds. The molecule has 1 rings (SSSR count). The van der Waals surface area contributed by atoms with Gasteiger partial charge in [0.1, 0.15) is 5.75 Å². The molecule has 0 aliphatic heterocycles. The highest BCUT2D eigenvalue weighted by Gasteiger charge is 2.00. The van der Waals surface area contributed by atoms with E-state index in [4.69, 9.17) is 4.74 Å². The molecule has 0 saturated carbocycles. The number of aryl methyl sites for hydroxylation is 1. The van der Waals surface area contributed by atoms with Crippen LogP contribution < -0.4 is 4.74 Å². The molecule has 0 atom stereocenters. The van der Waals surface area contributed by atoms with Gasteiger partial charge in [-0.05, 0) is 36.2 Å². The Morgan fingerprint density at radius 3 is 2.58 bits per heavy atom. The minimum Gasteiger partial charge on any atom is -0.497 e. The number of hydrogen-bond acceptors (Lipinski definition) is 1. The van der Waals surface area contributed by atoms with Crippen molar-refractivity contribution in [2.24, 2.45) is 0 Å². The van der Waals surface area contributed by atoms with Crippen LogP contribution in [0.2, 0.25) is 0 Å². The molecule has 0 unspecified atom stereocenters. The summed E-state index contributed by atoms with van der Waals surface area (Å²) >= 11 is 3.34. The third-order valence-corrected chi connectivity index (χ3v) is 2.15. The van der Waals surface area contributed by atoms with Gasteiger partial charge >= 0.3 is 0 Å². The molecule has 1 aromatic carbocycles. The molecule has 0 spiro atoms. The summed E-state index contributed by atoms with van der Waals surface area (Å²) in [6.45, 7) is 5.85. The number of halogens is 1. The standard InChI is InChI=1S/C10H11BrO/c1-7-6-9(12-3)4-5-10(7)8(2)11/h4-6H,2H2,1,3H3. The Bertz CT molecular complexity index is 305. The maximum absolute atomic E-state index is 5.08. The zero-order valence-electron chi connectivity index (χ0n) is 7.23. The van der Waals surface area contributed by atoms with Crippen LogP contribution in [0.4, 0.5) is 0 Å². The highest BCUT2D eigenvalue weighted by Crippen LogP contribution is 2.25. The summed E-state index contributed by atoms with van der Waals surface area (Å²) in [5.41, 5.74) is 2.28. The smallest absolute Gasteiger partial charge is 0.119 e. The van der Waals surface area contributed by atoms with Crippen LogP contribution in [0.1, 0.15) is 11.1 Å². The van der Waals surface area contributed by atoms with Gasteiger partial charge in [-0.15, -0.1) is 0 Å². The van der Waals surface area contributed by atoms with Gasteiger partial charge in [0.2, 0.25) is 0 Å². The van der Waals surface area contributed by atoms with Gasteiger partial charge in [0.25, 0.3) is 0 Å². The van der Waals surface area contributed by atoms with Crippen LogP contribution in [0.15, 0.2) is 24.8 Å². The van der Waals surface area contributed by atoms with E-state index in [-0.39, 0.29) is 0 Å². The van der Waals surface area contributed by atoms with Crippen molar-refractivity contribution >= 4 is 20.4 Å². The maximum Gasteiger partial charge on any atom is 0.119 e. The molecule has 0 radical (unpaired) electrons. The van der Waals surface area contributed by atoms with Crippen molar-refractivity contribution in [1.29, 1.82) is 0 Å². The molecule has 0 aromatic heterocycles. The van der Waals surface area contributed by atoms with E-state index in [0.717, 1.165) is 21.4 Å². The van der Waals surface area contributed by atoms with Crippen LogP contribution in [0.3, 0.4) is 0 Å². The number of hydrogen-bond donors (Lipinski definition) is 0. The van der Waals surface area contributed by atoms with Crippen LogP contribution in [0.5, 0.6) is 5.75 Å². The summed E-state index contributed by atoms with van der Waals surface area (Å²) < 4.78 is 5.99. The Morgan fingerprint density at radius 2 is 2.17 bits per heavy atom. The van der Waals surface area contributed by atoms with E-state index in [9.17, 15) is 0 Å². The Labute approximate surface area is 81.2 Å². The fourth-order valence-corrected chi connectivity index (χ4v) is 1.51. The molecule has 1 aromatic rings. The molecule has 12 heavy (non-hydrogen) atoms. The SMILES string of the molecule is C=C(Br)c1ccc(OC)cc1C. The second kappa shape index (κ2) is 3.76. The summed E-state index contributed by atoms with van der Waals surface area (Å²) in [5, 5.41) is 0. The first-order valence-electron chi connectivity index (χ1n) is 3.64. The zero-order valence-corrected chi connectivity index (χ0v) is 8.81. The summed E-state index contributed by atoms with van der Waals surface area (Å²) in [4.78, 5) is 0. The lowest BCUT2D eigenvalue weighted by Crippen LogP contribution is -1.86. The highest BCUT2D eigenvalue weighted by molar-refractivity contribution is 9.15. The van der Waals surface area contributed by atoms with E-state index in [0.29, 0.717) is 0 Å². The van der Waals surface area contributed by atoms with Crippen molar-refractivity contribution in [2.75, 3.05) is 7.11 Å². The normalized spacial score (nSPS) is 9.58. The molecule has 0 aliphatic rings. The molecule has 0 N–H and O–H groups in total. The van der Waals surface area contributed by atoms with Gasteiger partial charge in [-0.1, -0.05) is 22.5 Å². The van der Waals surface area contributed by atoms with Gasteiger partial charge in [0.05, 0.1) is 7.11 Å². The van der Waals surface area contributed by atoms with Crippen molar-refractivity contribution in [3.05, 3.63) is 35.9 Å². The quantitative estimate of drug-likeness (QED) is 0.752. The first-order chi connectivity index (χ1) is 5.65. The molecule has 2 heteroatoms. The molecule has 64 valence electrons. The van der Waals surface area contributed by atoms with Crippen molar-refractivity contribution in [3.8, 4) is 5.75 Å². The minimum atomic E-state index is 0.880. The van der Waals surface area contributed by atoms with E-state index < -0.39 is 0 Å². The van der Waals surface area contributed by atoms with E-state index >= 15 is 0 Å². The molecular weight excluding hydrogens is 216 g/mol. The maximum atomic E-state index is 5.08. The van der Waals surface area contributed by atoms with E-state index in [1.54, 1.807) is 7.11 Å². The average molecular weight is 227 g/mol. The number of rotatable bonds is 2. The van der Waals surface area contributed by atoms with Crippen molar-refractivity contribution in [2.45, 2.75) is 6.92 Å². The molecule has 0 bridgehead atoms. The van der Waals surface area contributed by atoms with Crippen LogP contribution in [0.25, 0.3) is 4.48 Å². The lowest BCUT2D eigenvalue weighted by atomic mass is 10.1. The molecule has 0 fully saturated rings. The second-order valence-corrected chi connectivity index (χ2v) is 3.54.